The lowest BCUT2D eigenvalue weighted by Crippen LogP contribution is -2.32. The van der Waals surface area contributed by atoms with Crippen molar-refractivity contribution in [3.8, 4) is 0 Å². The highest BCUT2D eigenvalue weighted by Crippen LogP contribution is 2.38. The molecule has 0 spiro atoms. The SMILES string of the molecule is CC1(C)CCCN1Sc1ccc(Nc2nn(C3CCCOC3)c3cc[nH]c(=O)c23)cc1. The molecule has 2 aromatic heterocycles. The minimum absolute atomic E-state index is 0.133. The highest BCUT2D eigenvalue weighted by atomic mass is 32.2. The standard InChI is InChI=1S/C23H29N5O2S/c1-23(2)11-4-13-27(23)31-18-8-6-16(7-9-18)25-21-20-19(10-12-24-22(20)29)28(26-21)17-5-3-14-30-15-17/h6-10,12,17H,3-5,11,13-15H2,1-2H3,(H,24,29)(H,25,26). The third-order valence-corrected chi connectivity index (χ3v) is 7.65. The lowest BCUT2D eigenvalue weighted by Gasteiger charge is -2.30. The average molecular weight is 440 g/mol. The summed E-state index contributed by atoms with van der Waals surface area (Å²) in [5.74, 6) is 0.587. The van der Waals surface area contributed by atoms with Crippen molar-refractivity contribution in [2.75, 3.05) is 25.1 Å². The van der Waals surface area contributed by atoms with Crippen LogP contribution in [-0.2, 0) is 4.74 Å². The summed E-state index contributed by atoms with van der Waals surface area (Å²) in [4.78, 5) is 16.6. The largest absolute Gasteiger partial charge is 0.379 e. The smallest absolute Gasteiger partial charge is 0.261 e. The van der Waals surface area contributed by atoms with Crippen LogP contribution in [0.15, 0.2) is 46.2 Å². The number of benzene rings is 1. The Kier molecular flexibility index (Phi) is 5.54. The number of pyridine rings is 1. The summed E-state index contributed by atoms with van der Waals surface area (Å²) >= 11 is 1.82. The molecule has 1 aromatic carbocycles. The van der Waals surface area contributed by atoms with Gasteiger partial charge in [-0.2, -0.15) is 5.10 Å². The van der Waals surface area contributed by atoms with Crippen molar-refractivity contribution in [1.82, 2.24) is 19.1 Å². The second-order valence-electron chi connectivity index (χ2n) is 8.99. The van der Waals surface area contributed by atoms with Gasteiger partial charge >= 0.3 is 0 Å². The van der Waals surface area contributed by atoms with E-state index in [2.05, 4.69) is 52.7 Å². The van der Waals surface area contributed by atoms with Crippen LogP contribution in [0.4, 0.5) is 11.5 Å². The molecule has 2 saturated heterocycles. The minimum atomic E-state index is -0.133. The van der Waals surface area contributed by atoms with Gasteiger partial charge in [0.2, 0.25) is 0 Å². The fourth-order valence-electron chi connectivity index (χ4n) is 4.50. The summed E-state index contributed by atoms with van der Waals surface area (Å²) in [5, 5.41) is 8.74. The Labute approximate surface area is 186 Å². The summed E-state index contributed by atoms with van der Waals surface area (Å²) in [6.45, 7) is 7.15. The summed E-state index contributed by atoms with van der Waals surface area (Å²) in [6.07, 6.45) is 6.17. The van der Waals surface area contributed by atoms with Gasteiger partial charge in [0.1, 0.15) is 5.39 Å². The predicted molar refractivity (Wildman–Crippen MR) is 125 cm³/mol. The van der Waals surface area contributed by atoms with Gasteiger partial charge in [-0.1, -0.05) is 0 Å². The Balaban J connectivity index is 1.39. The van der Waals surface area contributed by atoms with E-state index in [-0.39, 0.29) is 17.1 Å². The number of hydrogen-bond acceptors (Lipinski definition) is 6. The Morgan fingerprint density at radius 2 is 2.06 bits per heavy atom. The van der Waals surface area contributed by atoms with Crippen LogP contribution in [0, 0.1) is 0 Å². The predicted octanol–water partition coefficient (Wildman–Crippen LogP) is 4.70. The molecule has 0 aliphatic carbocycles. The molecule has 31 heavy (non-hydrogen) atoms. The number of nitrogens with one attached hydrogen (secondary N) is 2. The molecule has 2 N–H and O–H groups in total. The van der Waals surface area contributed by atoms with Gasteiger partial charge in [0.05, 0.1) is 18.2 Å². The number of anilines is 2. The van der Waals surface area contributed by atoms with Gasteiger partial charge < -0.3 is 15.0 Å². The third-order valence-electron chi connectivity index (χ3n) is 6.27. The van der Waals surface area contributed by atoms with E-state index in [4.69, 9.17) is 9.84 Å². The van der Waals surface area contributed by atoms with Crippen LogP contribution >= 0.6 is 11.9 Å². The zero-order valence-electron chi connectivity index (χ0n) is 18.1. The molecule has 0 radical (unpaired) electrons. The van der Waals surface area contributed by atoms with Crippen LogP contribution in [0.2, 0.25) is 0 Å². The van der Waals surface area contributed by atoms with Gasteiger partial charge in [0.25, 0.3) is 5.56 Å². The summed E-state index contributed by atoms with van der Waals surface area (Å²) in [7, 11) is 0. The molecule has 164 valence electrons. The van der Waals surface area contributed by atoms with Gasteiger partial charge in [-0.15, -0.1) is 0 Å². The normalized spacial score (nSPS) is 21.5. The Morgan fingerprint density at radius 3 is 2.77 bits per heavy atom. The molecule has 2 aliphatic rings. The third kappa shape index (κ3) is 4.12. The first kappa shape index (κ1) is 20.6. The Morgan fingerprint density at radius 1 is 1.23 bits per heavy atom. The van der Waals surface area contributed by atoms with Crippen molar-refractivity contribution >= 4 is 34.4 Å². The summed E-state index contributed by atoms with van der Waals surface area (Å²) in [5.41, 5.74) is 1.85. The average Bonchev–Trinajstić information content (AvgIpc) is 3.30. The lowest BCUT2D eigenvalue weighted by molar-refractivity contribution is 0.0566. The molecule has 2 fully saturated rings. The van der Waals surface area contributed by atoms with E-state index in [1.54, 1.807) is 6.20 Å². The first-order chi connectivity index (χ1) is 15.0. The molecule has 2 aliphatic heterocycles. The quantitative estimate of drug-likeness (QED) is 0.561. The zero-order valence-corrected chi connectivity index (χ0v) is 18.9. The molecule has 3 aromatic rings. The highest BCUT2D eigenvalue weighted by Gasteiger charge is 2.32. The fourth-order valence-corrected chi connectivity index (χ4v) is 5.57. The molecule has 4 heterocycles. The van der Waals surface area contributed by atoms with Gasteiger partial charge in [0, 0.05) is 35.5 Å². The maximum Gasteiger partial charge on any atom is 0.261 e. The van der Waals surface area contributed by atoms with Gasteiger partial charge in [0.15, 0.2) is 5.82 Å². The van der Waals surface area contributed by atoms with E-state index < -0.39 is 0 Å². The monoisotopic (exact) mass is 439 g/mol. The first-order valence-corrected chi connectivity index (χ1v) is 11.8. The van der Waals surface area contributed by atoms with E-state index in [1.807, 2.05) is 22.7 Å². The molecule has 8 heteroatoms. The van der Waals surface area contributed by atoms with Crippen molar-refractivity contribution in [2.45, 2.75) is 56.0 Å². The topological polar surface area (TPSA) is 75.2 Å². The maximum atomic E-state index is 12.6. The molecule has 1 atom stereocenters. The van der Waals surface area contributed by atoms with Gasteiger partial charge in [-0.3, -0.25) is 9.48 Å². The van der Waals surface area contributed by atoms with Crippen molar-refractivity contribution in [1.29, 1.82) is 0 Å². The first-order valence-electron chi connectivity index (χ1n) is 11.0. The lowest BCUT2D eigenvalue weighted by atomic mass is 10.0. The second kappa shape index (κ2) is 8.33. The van der Waals surface area contributed by atoms with Crippen molar-refractivity contribution in [2.24, 2.45) is 0 Å². The Bertz CT molecular complexity index is 1120. The number of hydrogen-bond donors (Lipinski definition) is 2. The molecular weight excluding hydrogens is 410 g/mol. The molecule has 0 bridgehead atoms. The summed E-state index contributed by atoms with van der Waals surface area (Å²) < 4.78 is 10.1. The fraction of sp³-hybridized carbons (Fsp3) is 0.478. The van der Waals surface area contributed by atoms with E-state index in [9.17, 15) is 4.79 Å². The van der Waals surface area contributed by atoms with Crippen LogP contribution in [0.1, 0.15) is 45.6 Å². The molecule has 0 saturated carbocycles. The maximum absolute atomic E-state index is 12.6. The number of fused-ring (bicyclic) bond motifs is 1. The van der Waals surface area contributed by atoms with Gasteiger partial charge in [-0.05, 0) is 81.8 Å². The van der Waals surface area contributed by atoms with Crippen LogP contribution in [0.25, 0.3) is 10.9 Å². The number of aromatic amines is 1. The van der Waals surface area contributed by atoms with Crippen LogP contribution in [0.3, 0.4) is 0 Å². The minimum Gasteiger partial charge on any atom is -0.379 e. The van der Waals surface area contributed by atoms with E-state index in [0.717, 1.165) is 37.2 Å². The van der Waals surface area contributed by atoms with Crippen LogP contribution < -0.4 is 10.9 Å². The number of aromatic nitrogens is 3. The highest BCUT2D eigenvalue weighted by molar-refractivity contribution is 7.97. The molecule has 1 unspecified atom stereocenters. The number of H-pyrrole nitrogens is 1. The molecule has 0 amide bonds. The van der Waals surface area contributed by atoms with E-state index in [0.29, 0.717) is 17.8 Å². The van der Waals surface area contributed by atoms with Crippen LogP contribution in [0.5, 0.6) is 0 Å². The molecule has 5 rings (SSSR count). The van der Waals surface area contributed by atoms with Gasteiger partial charge in [-0.25, -0.2) is 4.31 Å². The number of rotatable bonds is 5. The van der Waals surface area contributed by atoms with Crippen molar-refractivity contribution < 1.29 is 4.74 Å². The van der Waals surface area contributed by atoms with E-state index >= 15 is 0 Å². The van der Waals surface area contributed by atoms with Crippen molar-refractivity contribution in [3.05, 3.63) is 46.9 Å². The van der Waals surface area contributed by atoms with Crippen molar-refractivity contribution in [3.63, 3.8) is 0 Å². The Hall–Kier alpha value is -2.29. The number of ether oxygens (including phenoxy) is 1. The van der Waals surface area contributed by atoms with E-state index in [1.165, 1.54) is 17.7 Å². The van der Waals surface area contributed by atoms with Crippen LogP contribution in [-0.4, -0.2) is 44.4 Å². The zero-order chi connectivity index (χ0) is 21.4. The second-order valence-corrected chi connectivity index (χ2v) is 10.1. The molecular formula is C23H29N5O2S. The summed E-state index contributed by atoms with van der Waals surface area (Å²) in [6, 6.07) is 10.4. The number of nitrogens with zero attached hydrogens (tertiary/aromatic N) is 3. The molecule has 7 nitrogen and oxygen atoms in total.